The van der Waals surface area contributed by atoms with Gasteiger partial charge in [-0.15, -0.1) is 0 Å². The van der Waals surface area contributed by atoms with Gasteiger partial charge in [-0.1, -0.05) is 32.1 Å². The predicted octanol–water partition coefficient (Wildman–Crippen LogP) is 2.85. The van der Waals surface area contributed by atoms with Crippen LogP contribution in [0.1, 0.15) is 32.1 Å². The molecule has 0 bridgehead atoms. The minimum Gasteiger partial charge on any atom is -0.0533 e. The summed E-state index contributed by atoms with van der Waals surface area (Å²) in [7, 11) is 0. The minimum atomic E-state index is 0.435. The van der Waals surface area contributed by atoms with E-state index in [0.717, 1.165) is 5.92 Å². The van der Waals surface area contributed by atoms with Gasteiger partial charge < -0.3 is 0 Å². The molecule has 0 saturated heterocycles. The lowest BCUT2D eigenvalue weighted by molar-refractivity contribution is 0.315. The third kappa shape index (κ3) is 2.00. The maximum Gasteiger partial charge on any atom is -0.0386 e. The highest BCUT2D eigenvalue weighted by atomic mass is 14.2. The molecule has 2 radical (unpaired) electrons. The Hall–Kier alpha value is 0. The first-order valence-corrected chi connectivity index (χ1v) is 3.97. The molecular weight excluding hydrogens is 108 g/mol. The van der Waals surface area contributed by atoms with E-state index in [1.165, 1.54) is 32.1 Å². The molecule has 1 saturated carbocycles. The Kier molecular flexibility index (Phi) is 2.56. The molecule has 0 atom stereocenters. The van der Waals surface area contributed by atoms with Crippen molar-refractivity contribution in [2.24, 2.45) is 11.8 Å². The molecule has 0 aliphatic heterocycles. The zero-order chi connectivity index (χ0) is 6.69. The van der Waals surface area contributed by atoms with Crippen LogP contribution in [-0.2, 0) is 0 Å². The van der Waals surface area contributed by atoms with Gasteiger partial charge in [-0.25, -0.2) is 0 Å². The Morgan fingerprint density at radius 3 is 1.89 bits per heavy atom. The number of hydrogen-bond donors (Lipinski definition) is 0. The van der Waals surface area contributed by atoms with E-state index in [0.29, 0.717) is 5.92 Å². The molecule has 0 nitrogen and oxygen atoms in total. The number of hydrogen-bond acceptors (Lipinski definition) is 0. The lowest BCUT2D eigenvalue weighted by atomic mass is 9.82. The largest absolute Gasteiger partial charge is 0.0533 e. The summed E-state index contributed by atoms with van der Waals surface area (Å²) < 4.78 is 0. The summed E-state index contributed by atoms with van der Waals surface area (Å²) in [6, 6.07) is 0. The van der Waals surface area contributed by atoms with E-state index in [1.807, 2.05) is 0 Å². The maximum atomic E-state index is 3.95. The van der Waals surface area contributed by atoms with E-state index in [-0.39, 0.29) is 0 Å². The third-order valence-corrected chi connectivity index (χ3v) is 2.32. The summed E-state index contributed by atoms with van der Waals surface area (Å²) in [5.74, 6) is 1.27. The summed E-state index contributed by atoms with van der Waals surface area (Å²) in [5.41, 5.74) is 0. The van der Waals surface area contributed by atoms with Crippen molar-refractivity contribution in [1.82, 2.24) is 0 Å². The third-order valence-electron chi connectivity index (χ3n) is 2.32. The molecule has 0 amide bonds. The van der Waals surface area contributed by atoms with Gasteiger partial charge in [0.25, 0.3) is 0 Å². The van der Waals surface area contributed by atoms with E-state index in [4.69, 9.17) is 0 Å². The fraction of sp³-hybridized carbons (Fsp3) is 0.778. The fourth-order valence-corrected chi connectivity index (χ4v) is 1.61. The first-order chi connectivity index (χ1) is 4.30. The highest BCUT2D eigenvalue weighted by Crippen LogP contribution is 2.28. The lowest BCUT2D eigenvalue weighted by Crippen LogP contribution is -2.12. The van der Waals surface area contributed by atoms with Gasteiger partial charge >= 0.3 is 0 Å². The second-order valence-corrected chi connectivity index (χ2v) is 3.16. The van der Waals surface area contributed by atoms with Gasteiger partial charge in [0.15, 0.2) is 0 Å². The molecule has 52 valence electrons. The van der Waals surface area contributed by atoms with Crippen LogP contribution in [0.25, 0.3) is 0 Å². The molecule has 0 heteroatoms. The second kappa shape index (κ2) is 3.24. The van der Waals surface area contributed by atoms with Gasteiger partial charge in [0.1, 0.15) is 0 Å². The van der Waals surface area contributed by atoms with Crippen molar-refractivity contribution in [2.75, 3.05) is 0 Å². The van der Waals surface area contributed by atoms with Gasteiger partial charge in [-0.2, -0.15) is 0 Å². The highest BCUT2D eigenvalue weighted by Gasteiger charge is 2.15. The molecule has 0 heterocycles. The van der Waals surface area contributed by atoms with E-state index in [1.54, 1.807) is 0 Å². The SMILES string of the molecule is [CH2]C([CH2])C1CCCCC1. The van der Waals surface area contributed by atoms with E-state index in [2.05, 4.69) is 13.8 Å². The van der Waals surface area contributed by atoms with Crippen LogP contribution in [0, 0.1) is 25.7 Å². The lowest BCUT2D eigenvalue weighted by Gasteiger charge is -2.24. The number of rotatable bonds is 1. The molecule has 0 aromatic carbocycles. The van der Waals surface area contributed by atoms with Crippen LogP contribution >= 0.6 is 0 Å². The topological polar surface area (TPSA) is 0 Å². The van der Waals surface area contributed by atoms with Gasteiger partial charge in [0.05, 0.1) is 0 Å². The molecule has 0 aromatic heterocycles. The Labute approximate surface area is 58.7 Å². The zero-order valence-corrected chi connectivity index (χ0v) is 6.10. The summed E-state index contributed by atoms with van der Waals surface area (Å²) in [4.78, 5) is 0. The van der Waals surface area contributed by atoms with Gasteiger partial charge in [-0.05, 0) is 25.7 Å². The molecule has 1 fully saturated rings. The molecule has 0 unspecified atom stereocenters. The average Bonchev–Trinajstić information content (AvgIpc) is 1.90. The van der Waals surface area contributed by atoms with E-state index >= 15 is 0 Å². The average molecular weight is 124 g/mol. The first-order valence-electron chi connectivity index (χ1n) is 3.97. The van der Waals surface area contributed by atoms with E-state index < -0.39 is 0 Å². The zero-order valence-electron chi connectivity index (χ0n) is 6.10. The molecule has 1 rings (SSSR count). The standard InChI is InChI=1S/C9H16/c1-8(2)9-6-4-3-5-7-9/h8-9H,1-7H2. The first kappa shape index (κ1) is 7.11. The van der Waals surface area contributed by atoms with Crippen LogP contribution in [0.15, 0.2) is 0 Å². The van der Waals surface area contributed by atoms with Crippen LogP contribution < -0.4 is 0 Å². The Morgan fingerprint density at radius 2 is 1.56 bits per heavy atom. The summed E-state index contributed by atoms with van der Waals surface area (Å²) in [6.07, 6.45) is 7.00. The van der Waals surface area contributed by atoms with Crippen LogP contribution in [-0.4, -0.2) is 0 Å². The maximum absolute atomic E-state index is 3.95. The molecular formula is C9H16. The second-order valence-electron chi connectivity index (χ2n) is 3.16. The van der Waals surface area contributed by atoms with Crippen molar-refractivity contribution in [3.05, 3.63) is 13.8 Å². The van der Waals surface area contributed by atoms with Crippen molar-refractivity contribution in [3.8, 4) is 0 Å². The minimum absolute atomic E-state index is 0.435. The van der Waals surface area contributed by atoms with Crippen molar-refractivity contribution < 1.29 is 0 Å². The summed E-state index contributed by atoms with van der Waals surface area (Å²) in [5, 5.41) is 0. The molecule has 0 aromatic rings. The highest BCUT2D eigenvalue weighted by molar-refractivity contribution is 4.76. The quantitative estimate of drug-likeness (QED) is 0.504. The van der Waals surface area contributed by atoms with Crippen LogP contribution in [0.2, 0.25) is 0 Å². The van der Waals surface area contributed by atoms with Crippen molar-refractivity contribution in [2.45, 2.75) is 32.1 Å². The Morgan fingerprint density at radius 1 is 1.00 bits per heavy atom. The van der Waals surface area contributed by atoms with Crippen LogP contribution in [0.5, 0.6) is 0 Å². The van der Waals surface area contributed by atoms with Gasteiger partial charge in [0, 0.05) is 0 Å². The summed E-state index contributed by atoms with van der Waals surface area (Å²) >= 11 is 0. The molecule has 0 N–H and O–H groups in total. The molecule has 9 heavy (non-hydrogen) atoms. The Balaban J connectivity index is 2.23. The predicted molar refractivity (Wildman–Crippen MR) is 40.8 cm³/mol. The van der Waals surface area contributed by atoms with Crippen LogP contribution in [0.4, 0.5) is 0 Å². The molecule has 0 spiro atoms. The smallest absolute Gasteiger partial charge is 0.0386 e. The van der Waals surface area contributed by atoms with E-state index in [9.17, 15) is 0 Å². The van der Waals surface area contributed by atoms with Gasteiger partial charge in [-0.3, -0.25) is 0 Å². The molecule has 1 aliphatic rings. The Bertz CT molecular complexity index is 68.1. The van der Waals surface area contributed by atoms with Gasteiger partial charge in [0.2, 0.25) is 0 Å². The van der Waals surface area contributed by atoms with Crippen molar-refractivity contribution in [1.29, 1.82) is 0 Å². The fourth-order valence-electron chi connectivity index (χ4n) is 1.61. The summed E-state index contributed by atoms with van der Waals surface area (Å²) in [6.45, 7) is 7.90. The van der Waals surface area contributed by atoms with Crippen molar-refractivity contribution >= 4 is 0 Å². The molecule has 1 aliphatic carbocycles. The van der Waals surface area contributed by atoms with Crippen LogP contribution in [0.3, 0.4) is 0 Å². The van der Waals surface area contributed by atoms with Crippen molar-refractivity contribution in [3.63, 3.8) is 0 Å². The monoisotopic (exact) mass is 124 g/mol. The normalized spacial score (nSPS) is 23.0.